The zero-order valence-electron chi connectivity index (χ0n) is 11.1. The van der Waals surface area contributed by atoms with Gasteiger partial charge in [-0.3, -0.25) is 4.72 Å². The molecule has 0 aliphatic carbocycles. The van der Waals surface area contributed by atoms with Crippen molar-refractivity contribution in [2.45, 2.75) is 11.1 Å². The summed E-state index contributed by atoms with van der Waals surface area (Å²) < 4.78 is 27.5. The van der Waals surface area contributed by atoms with E-state index in [0.717, 1.165) is 16.9 Å². The fourth-order valence-electron chi connectivity index (χ4n) is 1.45. The van der Waals surface area contributed by atoms with E-state index in [1.165, 1.54) is 6.07 Å². The zero-order chi connectivity index (χ0) is 15.5. The molecule has 110 valence electrons. The van der Waals surface area contributed by atoms with Crippen molar-refractivity contribution in [2.75, 3.05) is 11.3 Å². The van der Waals surface area contributed by atoms with E-state index < -0.39 is 10.0 Å². The van der Waals surface area contributed by atoms with E-state index in [4.69, 9.17) is 17.3 Å². The highest BCUT2D eigenvalue weighted by atomic mass is 35.5. The number of pyridine rings is 1. The number of halogens is 1. The molecule has 3 N–H and O–H groups in total. The van der Waals surface area contributed by atoms with Crippen LogP contribution in [0.5, 0.6) is 0 Å². The molecule has 0 bridgehead atoms. The number of rotatable bonds is 3. The number of hydrogen-bond donors (Lipinski definition) is 2. The molecule has 0 fully saturated rings. The lowest BCUT2D eigenvalue weighted by atomic mass is 10.3. The van der Waals surface area contributed by atoms with Gasteiger partial charge in [-0.1, -0.05) is 23.6 Å². The molecule has 0 saturated carbocycles. The van der Waals surface area contributed by atoms with Crippen molar-refractivity contribution < 1.29 is 8.42 Å². The highest BCUT2D eigenvalue weighted by Gasteiger charge is 2.19. The van der Waals surface area contributed by atoms with Gasteiger partial charge in [0.2, 0.25) is 0 Å². The fourth-order valence-corrected chi connectivity index (χ4v) is 4.16. The van der Waals surface area contributed by atoms with Crippen LogP contribution in [0.1, 0.15) is 11.3 Å². The number of sulfonamides is 1. The van der Waals surface area contributed by atoms with Gasteiger partial charge in [-0.2, -0.15) is 0 Å². The SMILES string of the molecule is Cc1cc(S(=O)(=O)Nc2cccc(C#CCN)n2)sc1Cl. The summed E-state index contributed by atoms with van der Waals surface area (Å²) >= 11 is 6.90. The highest BCUT2D eigenvalue weighted by molar-refractivity contribution is 7.94. The Hall–Kier alpha value is -1.59. The van der Waals surface area contributed by atoms with E-state index in [0.29, 0.717) is 10.0 Å². The van der Waals surface area contributed by atoms with Gasteiger partial charge in [0, 0.05) is 0 Å². The number of aromatic nitrogens is 1. The van der Waals surface area contributed by atoms with Gasteiger partial charge in [-0.05, 0) is 36.6 Å². The van der Waals surface area contributed by atoms with Crippen LogP contribution in [0.4, 0.5) is 5.82 Å². The molecule has 2 aromatic rings. The van der Waals surface area contributed by atoms with Crippen LogP contribution < -0.4 is 10.5 Å². The van der Waals surface area contributed by atoms with Crippen LogP contribution in [-0.4, -0.2) is 19.9 Å². The summed E-state index contributed by atoms with van der Waals surface area (Å²) in [6.45, 7) is 1.96. The first-order chi connectivity index (χ1) is 9.92. The van der Waals surface area contributed by atoms with Crippen LogP contribution in [0.3, 0.4) is 0 Å². The summed E-state index contributed by atoms with van der Waals surface area (Å²) in [6, 6.07) is 6.41. The Morgan fingerprint density at radius 1 is 1.48 bits per heavy atom. The first kappa shape index (κ1) is 15.8. The minimum atomic E-state index is -3.70. The van der Waals surface area contributed by atoms with Gasteiger partial charge in [0.1, 0.15) is 15.7 Å². The van der Waals surface area contributed by atoms with Crippen molar-refractivity contribution in [2.24, 2.45) is 5.73 Å². The molecule has 0 aliphatic heterocycles. The predicted molar refractivity (Wildman–Crippen MR) is 85.0 cm³/mol. The molecule has 21 heavy (non-hydrogen) atoms. The van der Waals surface area contributed by atoms with Crippen molar-refractivity contribution in [3.8, 4) is 11.8 Å². The number of anilines is 1. The van der Waals surface area contributed by atoms with Crippen molar-refractivity contribution in [3.05, 3.63) is 39.9 Å². The molecule has 0 aromatic carbocycles. The molecule has 2 heterocycles. The Labute approximate surface area is 132 Å². The molecule has 8 heteroatoms. The molecule has 0 radical (unpaired) electrons. The minimum Gasteiger partial charge on any atom is -0.320 e. The van der Waals surface area contributed by atoms with Crippen LogP contribution in [-0.2, 0) is 10.0 Å². The molecule has 0 amide bonds. The summed E-state index contributed by atoms with van der Waals surface area (Å²) in [5.74, 6) is 5.60. The lowest BCUT2D eigenvalue weighted by molar-refractivity contribution is 0.603. The van der Waals surface area contributed by atoms with Crippen molar-refractivity contribution >= 4 is 38.8 Å². The van der Waals surface area contributed by atoms with E-state index in [2.05, 4.69) is 21.5 Å². The summed E-state index contributed by atoms with van der Waals surface area (Å²) in [7, 11) is -3.70. The number of thiophene rings is 1. The van der Waals surface area contributed by atoms with Crippen LogP contribution in [0, 0.1) is 18.8 Å². The largest absolute Gasteiger partial charge is 0.320 e. The van der Waals surface area contributed by atoms with Gasteiger partial charge in [0.05, 0.1) is 10.9 Å². The summed E-state index contributed by atoms with van der Waals surface area (Å²) in [6.07, 6.45) is 0. The second-order valence-corrected chi connectivity index (χ2v) is 7.61. The first-order valence-corrected chi connectivity index (χ1v) is 8.55. The van der Waals surface area contributed by atoms with E-state index in [1.54, 1.807) is 25.1 Å². The molecule has 0 saturated heterocycles. The average molecular weight is 342 g/mol. The van der Waals surface area contributed by atoms with E-state index in [1.807, 2.05) is 0 Å². The number of nitrogens with zero attached hydrogens (tertiary/aromatic N) is 1. The minimum absolute atomic E-state index is 0.144. The number of hydrogen-bond acceptors (Lipinski definition) is 5. The smallest absolute Gasteiger partial charge is 0.272 e. The summed E-state index contributed by atoms with van der Waals surface area (Å²) in [5.41, 5.74) is 6.45. The number of nitrogens with one attached hydrogen (secondary N) is 1. The normalized spacial score (nSPS) is 10.8. The third-order valence-electron chi connectivity index (χ3n) is 2.41. The molecule has 2 rings (SSSR count). The molecular formula is C13H12ClN3O2S2. The highest BCUT2D eigenvalue weighted by Crippen LogP contribution is 2.30. The maximum Gasteiger partial charge on any atom is 0.272 e. The Morgan fingerprint density at radius 2 is 2.24 bits per heavy atom. The van der Waals surface area contributed by atoms with Gasteiger partial charge < -0.3 is 5.73 Å². The number of aryl methyl sites for hydroxylation is 1. The van der Waals surface area contributed by atoms with Crippen LogP contribution >= 0.6 is 22.9 Å². The van der Waals surface area contributed by atoms with Crippen molar-refractivity contribution in [1.82, 2.24) is 4.98 Å². The van der Waals surface area contributed by atoms with Crippen molar-refractivity contribution in [3.63, 3.8) is 0 Å². The Morgan fingerprint density at radius 3 is 2.86 bits per heavy atom. The van der Waals surface area contributed by atoms with E-state index in [-0.39, 0.29) is 16.6 Å². The van der Waals surface area contributed by atoms with Crippen LogP contribution in [0.15, 0.2) is 28.5 Å². The van der Waals surface area contributed by atoms with Crippen LogP contribution in [0.25, 0.3) is 0 Å². The van der Waals surface area contributed by atoms with Gasteiger partial charge in [0.15, 0.2) is 0 Å². The maximum absolute atomic E-state index is 12.2. The molecule has 0 spiro atoms. The summed E-state index contributed by atoms with van der Waals surface area (Å²) in [5, 5.41) is 0. The molecule has 0 atom stereocenters. The topological polar surface area (TPSA) is 85.1 Å². The van der Waals surface area contributed by atoms with E-state index >= 15 is 0 Å². The lowest BCUT2D eigenvalue weighted by Gasteiger charge is -2.05. The van der Waals surface area contributed by atoms with Gasteiger partial charge in [0.25, 0.3) is 10.0 Å². The maximum atomic E-state index is 12.2. The standard InChI is InChI=1S/C13H12ClN3O2S2/c1-9-8-12(20-13(9)14)21(18,19)17-11-6-2-4-10(16-11)5-3-7-15/h2,4,6,8H,7,15H2,1H3,(H,16,17). The first-order valence-electron chi connectivity index (χ1n) is 5.87. The fraction of sp³-hybridized carbons (Fsp3) is 0.154. The average Bonchev–Trinajstić information content (AvgIpc) is 2.77. The Bertz CT molecular complexity index is 800. The lowest BCUT2D eigenvalue weighted by Crippen LogP contribution is -2.12. The van der Waals surface area contributed by atoms with Gasteiger partial charge in [-0.25, -0.2) is 13.4 Å². The zero-order valence-corrected chi connectivity index (χ0v) is 13.4. The van der Waals surface area contributed by atoms with Crippen molar-refractivity contribution in [1.29, 1.82) is 0 Å². The third kappa shape index (κ3) is 3.95. The predicted octanol–water partition coefficient (Wildman–Crippen LogP) is 2.22. The molecule has 0 unspecified atom stereocenters. The number of nitrogens with two attached hydrogens (primary N) is 1. The summed E-state index contributed by atoms with van der Waals surface area (Å²) in [4.78, 5) is 4.10. The van der Waals surface area contributed by atoms with E-state index in [9.17, 15) is 8.42 Å². The second-order valence-electron chi connectivity index (χ2n) is 4.04. The second kappa shape index (κ2) is 6.45. The Balaban J connectivity index is 2.28. The third-order valence-corrected chi connectivity index (χ3v) is 5.79. The van der Waals surface area contributed by atoms with Gasteiger partial charge in [-0.15, -0.1) is 11.3 Å². The molecule has 5 nitrogen and oxygen atoms in total. The monoisotopic (exact) mass is 341 g/mol. The molecular weight excluding hydrogens is 330 g/mol. The Kier molecular flexibility index (Phi) is 4.85. The molecule has 0 aliphatic rings. The van der Waals surface area contributed by atoms with Gasteiger partial charge >= 0.3 is 0 Å². The quantitative estimate of drug-likeness (QED) is 0.838. The van der Waals surface area contributed by atoms with Crippen LogP contribution in [0.2, 0.25) is 4.34 Å². The molecule has 2 aromatic heterocycles.